The van der Waals surface area contributed by atoms with Crippen LogP contribution in [0.2, 0.25) is 5.02 Å². The van der Waals surface area contributed by atoms with Crippen molar-refractivity contribution in [2.45, 2.75) is 38.6 Å². The lowest BCUT2D eigenvalue weighted by Crippen LogP contribution is -2.19. The van der Waals surface area contributed by atoms with Crippen molar-refractivity contribution in [1.82, 2.24) is 5.32 Å². The molecule has 1 aromatic carbocycles. The SMILES string of the molecule is CCCSc1cccc(Cl)c1CNCC(C)C. The Balaban J connectivity index is 2.66. The van der Waals surface area contributed by atoms with Crippen LogP contribution >= 0.6 is 23.4 Å². The lowest BCUT2D eigenvalue weighted by molar-refractivity contribution is 0.550. The molecule has 0 aliphatic heterocycles. The second kappa shape index (κ2) is 8.02. The Morgan fingerprint density at radius 1 is 1.35 bits per heavy atom. The van der Waals surface area contributed by atoms with Crippen LogP contribution in [0.25, 0.3) is 0 Å². The molecule has 1 rings (SSSR count). The highest BCUT2D eigenvalue weighted by molar-refractivity contribution is 7.99. The third kappa shape index (κ3) is 5.33. The van der Waals surface area contributed by atoms with Gasteiger partial charge in [-0.2, -0.15) is 0 Å². The molecular weight excluding hydrogens is 250 g/mol. The Morgan fingerprint density at radius 2 is 2.12 bits per heavy atom. The first-order valence-corrected chi connectivity index (χ1v) is 7.62. The summed E-state index contributed by atoms with van der Waals surface area (Å²) < 4.78 is 0. The van der Waals surface area contributed by atoms with E-state index in [9.17, 15) is 0 Å². The Hall–Kier alpha value is -0.180. The van der Waals surface area contributed by atoms with Gasteiger partial charge >= 0.3 is 0 Å². The summed E-state index contributed by atoms with van der Waals surface area (Å²) in [7, 11) is 0. The quantitative estimate of drug-likeness (QED) is 0.728. The van der Waals surface area contributed by atoms with Crippen LogP contribution in [0.3, 0.4) is 0 Å². The van der Waals surface area contributed by atoms with Gasteiger partial charge in [-0.15, -0.1) is 11.8 Å². The lowest BCUT2D eigenvalue weighted by atomic mass is 10.2. The van der Waals surface area contributed by atoms with Gasteiger partial charge in [0.25, 0.3) is 0 Å². The first-order chi connectivity index (χ1) is 8.15. The normalized spacial score (nSPS) is 11.1. The van der Waals surface area contributed by atoms with Crippen molar-refractivity contribution >= 4 is 23.4 Å². The second-order valence-corrected chi connectivity index (χ2v) is 6.13. The molecule has 0 aliphatic rings. The average Bonchev–Trinajstić information content (AvgIpc) is 2.29. The summed E-state index contributed by atoms with van der Waals surface area (Å²) in [6.45, 7) is 8.53. The van der Waals surface area contributed by atoms with E-state index in [1.807, 2.05) is 23.9 Å². The van der Waals surface area contributed by atoms with Crippen LogP contribution in [0.15, 0.2) is 23.1 Å². The smallest absolute Gasteiger partial charge is 0.0462 e. The number of halogens is 1. The molecule has 0 atom stereocenters. The third-order valence-corrected chi connectivity index (χ3v) is 4.05. The molecule has 96 valence electrons. The predicted molar refractivity (Wildman–Crippen MR) is 79.0 cm³/mol. The van der Waals surface area contributed by atoms with Crippen molar-refractivity contribution in [3.8, 4) is 0 Å². The number of nitrogens with one attached hydrogen (secondary N) is 1. The van der Waals surface area contributed by atoms with Crippen LogP contribution in [0.4, 0.5) is 0 Å². The van der Waals surface area contributed by atoms with Gasteiger partial charge in [0.1, 0.15) is 0 Å². The maximum atomic E-state index is 6.27. The molecule has 0 heterocycles. The van der Waals surface area contributed by atoms with Crippen LogP contribution in [-0.4, -0.2) is 12.3 Å². The zero-order valence-corrected chi connectivity index (χ0v) is 12.5. The lowest BCUT2D eigenvalue weighted by Gasteiger charge is -2.13. The molecule has 0 spiro atoms. The number of hydrogen-bond donors (Lipinski definition) is 1. The van der Waals surface area contributed by atoms with Gasteiger partial charge in [0.05, 0.1) is 0 Å². The van der Waals surface area contributed by atoms with Gasteiger partial charge in [0, 0.05) is 16.5 Å². The van der Waals surface area contributed by atoms with Crippen LogP contribution in [0.1, 0.15) is 32.8 Å². The summed E-state index contributed by atoms with van der Waals surface area (Å²) in [5.41, 5.74) is 1.24. The fourth-order valence-corrected chi connectivity index (χ4v) is 2.80. The Kier molecular flexibility index (Phi) is 7.02. The van der Waals surface area contributed by atoms with E-state index < -0.39 is 0 Å². The molecule has 17 heavy (non-hydrogen) atoms. The molecular formula is C14H22ClNS. The highest BCUT2D eigenvalue weighted by atomic mass is 35.5. The van der Waals surface area contributed by atoms with E-state index in [1.165, 1.54) is 16.9 Å². The van der Waals surface area contributed by atoms with Crippen molar-refractivity contribution in [2.75, 3.05) is 12.3 Å². The van der Waals surface area contributed by atoms with E-state index in [2.05, 4.69) is 32.2 Å². The summed E-state index contributed by atoms with van der Waals surface area (Å²) in [5, 5.41) is 4.34. The summed E-state index contributed by atoms with van der Waals surface area (Å²) >= 11 is 8.17. The monoisotopic (exact) mass is 271 g/mol. The Morgan fingerprint density at radius 3 is 2.76 bits per heavy atom. The molecule has 0 aromatic heterocycles. The summed E-state index contributed by atoms with van der Waals surface area (Å²) in [5.74, 6) is 1.82. The fraction of sp³-hybridized carbons (Fsp3) is 0.571. The van der Waals surface area contributed by atoms with Crippen molar-refractivity contribution in [3.05, 3.63) is 28.8 Å². The van der Waals surface area contributed by atoms with E-state index in [0.717, 1.165) is 23.9 Å². The van der Waals surface area contributed by atoms with E-state index >= 15 is 0 Å². The minimum absolute atomic E-state index is 0.671. The minimum atomic E-state index is 0.671. The predicted octanol–water partition coefficient (Wildman–Crippen LogP) is 4.59. The summed E-state index contributed by atoms with van der Waals surface area (Å²) in [4.78, 5) is 1.32. The molecule has 0 unspecified atom stereocenters. The number of rotatable bonds is 7. The molecule has 1 N–H and O–H groups in total. The molecule has 0 amide bonds. The van der Waals surface area contributed by atoms with E-state index in [-0.39, 0.29) is 0 Å². The van der Waals surface area contributed by atoms with Crippen molar-refractivity contribution in [2.24, 2.45) is 5.92 Å². The number of hydrogen-bond acceptors (Lipinski definition) is 2. The highest BCUT2D eigenvalue weighted by Crippen LogP contribution is 2.28. The van der Waals surface area contributed by atoms with Crippen LogP contribution < -0.4 is 5.32 Å². The van der Waals surface area contributed by atoms with Crippen LogP contribution in [-0.2, 0) is 6.54 Å². The minimum Gasteiger partial charge on any atom is -0.312 e. The van der Waals surface area contributed by atoms with Crippen molar-refractivity contribution in [1.29, 1.82) is 0 Å². The van der Waals surface area contributed by atoms with Gasteiger partial charge in [-0.3, -0.25) is 0 Å². The molecule has 0 radical (unpaired) electrons. The molecule has 0 bridgehead atoms. The van der Waals surface area contributed by atoms with Crippen molar-refractivity contribution < 1.29 is 0 Å². The number of thioether (sulfide) groups is 1. The second-order valence-electron chi connectivity index (χ2n) is 4.59. The molecule has 1 aromatic rings. The maximum absolute atomic E-state index is 6.27. The highest BCUT2D eigenvalue weighted by Gasteiger charge is 2.07. The van der Waals surface area contributed by atoms with Gasteiger partial charge < -0.3 is 5.32 Å². The summed E-state index contributed by atoms with van der Waals surface area (Å²) in [6.07, 6.45) is 1.19. The molecule has 1 nitrogen and oxygen atoms in total. The molecule has 3 heteroatoms. The van der Waals surface area contributed by atoms with Gasteiger partial charge in [-0.05, 0) is 42.3 Å². The zero-order valence-electron chi connectivity index (χ0n) is 10.9. The maximum Gasteiger partial charge on any atom is 0.0462 e. The Bertz CT molecular complexity index is 339. The van der Waals surface area contributed by atoms with Gasteiger partial charge in [-0.1, -0.05) is 38.4 Å². The van der Waals surface area contributed by atoms with Crippen molar-refractivity contribution in [3.63, 3.8) is 0 Å². The van der Waals surface area contributed by atoms with Crippen LogP contribution in [0, 0.1) is 5.92 Å². The standard InChI is InChI=1S/C14H22ClNS/c1-4-8-17-14-7-5-6-13(15)12(14)10-16-9-11(2)3/h5-7,11,16H,4,8-10H2,1-3H3. The molecule has 0 aliphatic carbocycles. The summed E-state index contributed by atoms with van der Waals surface area (Å²) in [6, 6.07) is 6.18. The average molecular weight is 272 g/mol. The topological polar surface area (TPSA) is 12.0 Å². The largest absolute Gasteiger partial charge is 0.312 e. The first kappa shape index (κ1) is 14.9. The zero-order chi connectivity index (χ0) is 12.7. The van der Waals surface area contributed by atoms with Crippen LogP contribution in [0.5, 0.6) is 0 Å². The van der Waals surface area contributed by atoms with E-state index in [0.29, 0.717) is 5.92 Å². The Labute approximate surface area is 114 Å². The fourth-order valence-electron chi connectivity index (χ4n) is 1.54. The molecule has 0 saturated carbocycles. The van der Waals surface area contributed by atoms with Gasteiger partial charge in [0.15, 0.2) is 0 Å². The molecule has 0 fully saturated rings. The third-order valence-electron chi connectivity index (χ3n) is 2.39. The van der Waals surface area contributed by atoms with E-state index in [1.54, 1.807) is 0 Å². The van der Waals surface area contributed by atoms with Gasteiger partial charge in [-0.25, -0.2) is 0 Å². The first-order valence-electron chi connectivity index (χ1n) is 6.26. The van der Waals surface area contributed by atoms with Gasteiger partial charge in [0.2, 0.25) is 0 Å². The van der Waals surface area contributed by atoms with E-state index in [4.69, 9.17) is 11.6 Å². The molecule has 0 saturated heterocycles. The number of benzene rings is 1.